The van der Waals surface area contributed by atoms with E-state index in [1.807, 2.05) is 36.3 Å². The number of rotatable bonds is 4. The van der Waals surface area contributed by atoms with Crippen LogP contribution in [0.1, 0.15) is 5.56 Å². The SMILES string of the molecule is CNN(Cc1ccc(F)cc1)c1ccccc1N. The number of nitrogens with one attached hydrogen (secondary N) is 1. The molecule has 2 aromatic rings. The van der Waals surface area contributed by atoms with Crippen LogP contribution in [0.2, 0.25) is 0 Å². The van der Waals surface area contributed by atoms with Gasteiger partial charge in [0.15, 0.2) is 0 Å². The van der Waals surface area contributed by atoms with Gasteiger partial charge in [-0.05, 0) is 29.8 Å². The summed E-state index contributed by atoms with van der Waals surface area (Å²) in [6, 6.07) is 14.1. The highest BCUT2D eigenvalue weighted by Gasteiger charge is 2.08. The van der Waals surface area contributed by atoms with Crippen LogP contribution in [-0.2, 0) is 6.54 Å². The van der Waals surface area contributed by atoms with Gasteiger partial charge >= 0.3 is 0 Å². The second kappa shape index (κ2) is 5.51. The van der Waals surface area contributed by atoms with Gasteiger partial charge in [-0.2, -0.15) is 0 Å². The van der Waals surface area contributed by atoms with Crippen LogP contribution in [0.25, 0.3) is 0 Å². The molecule has 0 aliphatic rings. The maximum atomic E-state index is 12.8. The van der Waals surface area contributed by atoms with Crippen LogP contribution in [0.15, 0.2) is 48.5 Å². The van der Waals surface area contributed by atoms with Crippen LogP contribution in [0, 0.1) is 5.82 Å². The van der Waals surface area contributed by atoms with E-state index in [9.17, 15) is 4.39 Å². The fourth-order valence-electron chi connectivity index (χ4n) is 1.79. The first kappa shape index (κ1) is 12.4. The molecule has 0 amide bonds. The van der Waals surface area contributed by atoms with Gasteiger partial charge < -0.3 is 10.7 Å². The molecule has 0 heterocycles. The molecule has 0 aromatic heterocycles. The van der Waals surface area contributed by atoms with Gasteiger partial charge in [0.05, 0.1) is 17.9 Å². The summed E-state index contributed by atoms with van der Waals surface area (Å²) in [5.74, 6) is -0.228. The number of nitrogens with zero attached hydrogens (tertiary/aromatic N) is 1. The molecule has 94 valence electrons. The maximum Gasteiger partial charge on any atom is 0.123 e. The monoisotopic (exact) mass is 245 g/mol. The number of halogens is 1. The smallest absolute Gasteiger partial charge is 0.123 e. The number of anilines is 2. The minimum atomic E-state index is -0.228. The summed E-state index contributed by atoms with van der Waals surface area (Å²) in [5.41, 5.74) is 11.6. The van der Waals surface area contributed by atoms with Crippen LogP contribution in [0.3, 0.4) is 0 Å². The number of nitrogen functional groups attached to an aromatic ring is 1. The molecule has 3 nitrogen and oxygen atoms in total. The third-order valence-corrected chi connectivity index (χ3v) is 2.75. The minimum Gasteiger partial charge on any atom is -0.397 e. The van der Waals surface area contributed by atoms with Gasteiger partial charge in [-0.15, -0.1) is 0 Å². The van der Waals surface area contributed by atoms with E-state index in [1.165, 1.54) is 12.1 Å². The summed E-state index contributed by atoms with van der Waals surface area (Å²) in [6.07, 6.45) is 0. The van der Waals surface area contributed by atoms with Crippen molar-refractivity contribution in [2.45, 2.75) is 6.54 Å². The molecule has 0 aliphatic carbocycles. The highest BCUT2D eigenvalue weighted by atomic mass is 19.1. The van der Waals surface area contributed by atoms with Crippen LogP contribution < -0.4 is 16.2 Å². The molecule has 3 N–H and O–H groups in total. The topological polar surface area (TPSA) is 41.3 Å². The predicted molar refractivity (Wildman–Crippen MR) is 72.5 cm³/mol. The molecule has 0 bridgehead atoms. The van der Waals surface area contributed by atoms with Crippen molar-refractivity contribution < 1.29 is 4.39 Å². The molecular weight excluding hydrogens is 229 g/mol. The molecule has 0 fully saturated rings. The van der Waals surface area contributed by atoms with E-state index >= 15 is 0 Å². The molecule has 0 saturated carbocycles. The first-order valence-corrected chi connectivity index (χ1v) is 5.74. The van der Waals surface area contributed by atoms with Crippen molar-refractivity contribution in [3.8, 4) is 0 Å². The van der Waals surface area contributed by atoms with Gasteiger partial charge in [0, 0.05) is 7.05 Å². The second-order valence-electron chi connectivity index (χ2n) is 4.00. The Hall–Kier alpha value is -2.07. The summed E-state index contributed by atoms with van der Waals surface area (Å²) in [5, 5.41) is 1.92. The largest absolute Gasteiger partial charge is 0.397 e. The molecule has 0 atom stereocenters. The quantitative estimate of drug-likeness (QED) is 0.642. The molecule has 0 saturated heterocycles. The van der Waals surface area contributed by atoms with Crippen LogP contribution >= 0.6 is 0 Å². The van der Waals surface area contributed by atoms with E-state index in [-0.39, 0.29) is 5.82 Å². The fraction of sp³-hybridized carbons (Fsp3) is 0.143. The second-order valence-corrected chi connectivity index (χ2v) is 4.00. The molecule has 0 radical (unpaired) electrons. The van der Waals surface area contributed by atoms with Gasteiger partial charge in [-0.25, -0.2) is 9.82 Å². The lowest BCUT2D eigenvalue weighted by atomic mass is 10.2. The highest BCUT2D eigenvalue weighted by molar-refractivity contribution is 5.66. The number of benzene rings is 2. The summed E-state index contributed by atoms with van der Waals surface area (Å²) in [6.45, 7) is 0.616. The summed E-state index contributed by atoms with van der Waals surface area (Å²) < 4.78 is 12.8. The van der Waals surface area contributed by atoms with Crippen molar-refractivity contribution in [1.29, 1.82) is 0 Å². The first-order valence-electron chi connectivity index (χ1n) is 5.74. The Morgan fingerprint density at radius 2 is 1.78 bits per heavy atom. The van der Waals surface area contributed by atoms with Gasteiger partial charge in [0.25, 0.3) is 0 Å². The van der Waals surface area contributed by atoms with E-state index in [1.54, 1.807) is 12.1 Å². The number of nitrogens with two attached hydrogens (primary N) is 1. The van der Waals surface area contributed by atoms with Gasteiger partial charge in [0.2, 0.25) is 0 Å². The average Bonchev–Trinajstić information content (AvgIpc) is 2.39. The third-order valence-electron chi connectivity index (χ3n) is 2.75. The zero-order valence-electron chi connectivity index (χ0n) is 10.2. The van der Waals surface area contributed by atoms with Crippen LogP contribution in [0.4, 0.5) is 15.8 Å². The van der Waals surface area contributed by atoms with E-state index in [2.05, 4.69) is 5.43 Å². The zero-order valence-corrected chi connectivity index (χ0v) is 10.2. The Balaban J connectivity index is 2.20. The lowest BCUT2D eigenvalue weighted by molar-refractivity contribution is 0.625. The molecule has 18 heavy (non-hydrogen) atoms. The normalized spacial score (nSPS) is 10.3. The summed E-state index contributed by atoms with van der Waals surface area (Å²) >= 11 is 0. The number of hydrogen-bond acceptors (Lipinski definition) is 3. The Bertz CT molecular complexity index is 511. The first-order chi connectivity index (χ1) is 8.70. The maximum absolute atomic E-state index is 12.8. The molecule has 0 aliphatic heterocycles. The Labute approximate surface area is 106 Å². The third kappa shape index (κ3) is 2.78. The van der Waals surface area contributed by atoms with Crippen LogP contribution in [0.5, 0.6) is 0 Å². The van der Waals surface area contributed by atoms with Gasteiger partial charge in [-0.1, -0.05) is 24.3 Å². The van der Waals surface area contributed by atoms with Crippen molar-refractivity contribution in [3.05, 3.63) is 59.9 Å². The molecule has 2 rings (SSSR count). The van der Waals surface area contributed by atoms with E-state index in [4.69, 9.17) is 5.73 Å². The van der Waals surface area contributed by atoms with Crippen molar-refractivity contribution >= 4 is 11.4 Å². The lowest BCUT2D eigenvalue weighted by Gasteiger charge is -2.25. The fourth-order valence-corrected chi connectivity index (χ4v) is 1.79. The van der Waals surface area contributed by atoms with Crippen molar-refractivity contribution in [3.63, 3.8) is 0 Å². The molecule has 0 spiro atoms. The number of hydrazine groups is 1. The van der Waals surface area contributed by atoms with E-state index in [0.717, 1.165) is 11.3 Å². The molecular formula is C14H16FN3. The molecule has 0 unspecified atom stereocenters. The van der Waals surface area contributed by atoms with Gasteiger partial charge in [-0.3, -0.25) is 0 Å². The molecule has 2 aromatic carbocycles. The lowest BCUT2D eigenvalue weighted by Crippen LogP contribution is -2.34. The number of para-hydroxylation sites is 2. The Morgan fingerprint density at radius 1 is 1.11 bits per heavy atom. The summed E-state index contributed by atoms with van der Waals surface area (Å²) in [7, 11) is 1.83. The highest BCUT2D eigenvalue weighted by Crippen LogP contribution is 2.22. The van der Waals surface area contributed by atoms with Crippen molar-refractivity contribution in [1.82, 2.24) is 5.43 Å². The van der Waals surface area contributed by atoms with Crippen molar-refractivity contribution in [2.75, 3.05) is 17.8 Å². The Kier molecular flexibility index (Phi) is 3.79. The summed E-state index contributed by atoms with van der Waals surface area (Å²) in [4.78, 5) is 0. The Morgan fingerprint density at radius 3 is 2.39 bits per heavy atom. The van der Waals surface area contributed by atoms with E-state index < -0.39 is 0 Å². The zero-order chi connectivity index (χ0) is 13.0. The standard InChI is InChI=1S/C14H16FN3/c1-17-18(14-5-3-2-4-13(14)16)10-11-6-8-12(15)9-7-11/h2-9,17H,10,16H2,1H3. The van der Waals surface area contributed by atoms with Crippen LogP contribution in [-0.4, -0.2) is 7.05 Å². The van der Waals surface area contributed by atoms with Crippen molar-refractivity contribution in [2.24, 2.45) is 0 Å². The van der Waals surface area contributed by atoms with E-state index in [0.29, 0.717) is 12.2 Å². The average molecular weight is 245 g/mol. The molecule has 4 heteroatoms. The minimum absolute atomic E-state index is 0.228. The predicted octanol–water partition coefficient (Wildman–Crippen LogP) is 2.55. The number of hydrogen-bond donors (Lipinski definition) is 2. The van der Waals surface area contributed by atoms with Gasteiger partial charge in [0.1, 0.15) is 5.82 Å².